The fourth-order valence-electron chi connectivity index (χ4n) is 1.19. The topological polar surface area (TPSA) is 59.1 Å². The Hall–Kier alpha value is -0.920. The van der Waals surface area contributed by atoms with Crippen LogP contribution in [0.5, 0.6) is 0 Å². The van der Waals surface area contributed by atoms with E-state index in [1.807, 2.05) is 6.92 Å². The van der Waals surface area contributed by atoms with Gasteiger partial charge in [0.05, 0.1) is 4.90 Å². The molecule has 0 atom stereocenters. The van der Waals surface area contributed by atoms with Crippen LogP contribution in [0, 0.1) is 6.92 Å². The van der Waals surface area contributed by atoms with Gasteiger partial charge in [-0.1, -0.05) is 15.9 Å². The highest BCUT2D eigenvalue weighted by molar-refractivity contribution is 9.10. The number of aryl methyl sites for hydroxylation is 1. The van der Waals surface area contributed by atoms with Crippen LogP contribution >= 0.6 is 27.3 Å². The third kappa shape index (κ3) is 3.05. The number of nitrogens with one attached hydrogen (secondary N) is 1. The average Bonchev–Trinajstić information content (AvgIpc) is 2.63. The van der Waals surface area contributed by atoms with Crippen molar-refractivity contribution in [2.75, 3.05) is 4.72 Å². The minimum Gasteiger partial charge on any atom is -0.255 e. The summed E-state index contributed by atoms with van der Waals surface area (Å²) in [4.78, 5) is 5.14. The first kappa shape index (κ1) is 12.5. The molecule has 0 radical (unpaired) electrons. The van der Waals surface area contributed by atoms with Crippen LogP contribution in [0.4, 0.5) is 5.13 Å². The van der Waals surface area contributed by atoms with E-state index in [1.54, 1.807) is 18.3 Å². The monoisotopic (exact) mass is 332 g/mol. The summed E-state index contributed by atoms with van der Waals surface area (Å²) in [5.41, 5.74) is 0. The highest BCUT2D eigenvalue weighted by Crippen LogP contribution is 2.21. The minimum absolute atomic E-state index is 0.216. The van der Waals surface area contributed by atoms with Crippen LogP contribution in [0.25, 0.3) is 0 Å². The molecule has 1 heterocycles. The summed E-state index contributed by atoms with van der Waals surface area (Å²) >= 11 is 4.56. The van der Waals surface area contributed by atoms with E-state index in [2.05, 4.69) is 25.6 Å². The van der Waals surface area contributed by atoms with Gasteiger partial charge in [0, 0.05) is 15.5 Å². The van der Waals surface area contributed by atoms with Crippen LogP contribution in [0.15, 0.2) is 39.8 Å². The molecule has 1 aromatic carbocycles. The Labute approximate surface area is 112 Å². The summed E-state index contributed by atoms with van der Waals surface area (Å²) in [6, 6.07) is 6.43. The van der Waals surface area contributed by atoms with E-state index in [-0.39, 0.29) is 4.90 Å². The maximum Gasteiger partial charge on any atom is 0.263 e. The Morgan fingerprint density at radius 1 is 1.29 bits per heavy atom. The van der Waals surface area contributed by atoms with Crippen molar-refractivity contribution in [1.29, 1.82) is 0 Å². The molecule has 0 bridgehead atoms. The molecule has 0 spiro atoms. The second-order valence-corrected chi connectivity index (χ2v) is 7.17. The first-order chi connectivity index (χ1) is 7.97. The van der Waals surface area contributed by atoms with Crippen LogP contribution in [0.1, 0.15) is 4.88 Å². The van der Waals surface area contributed by atoms with Crippen LogP contribution in [0.2, 0.25) is 0 Å². The van der Waals surface area contributed by atoms with Gasteiger partial charge in [0.2, 0.25) is 0 Å². The lowest BCUT2D eigenvalue weighted by Crippen LogP contribution is -2.12. The standard InChI is InChI=1S/C10H9BrN2O2S2/c1-7-6-12-10(16-7)13-17(14,15)9-4-2-8(11)3-5-9/h2-6H,1H3,(H,12,13). The molecule has 1 N–H and O–H groups in total. The smallest absolute Gasteiger partial charge is 0.255 e. The first-order valence-corrected chi connectivity index (χ1v) is 7.77. The van der Waals surface area contributed by atoms with Crippen molar-refractivity contribution in [3.8, 4) is 0 Å². The van der Waals surface area contributed by atoms with Gasteiger partial charge in [0.25, 0.3) is 10.0 Å². The fourth-order valence-corrected chi connectivity index (χ4v) is 3.36. The molecule has 2 rings (SSSR count). The second-order valence-electron chi connectivity index (χ2n) is 3.34. The molecular weight excluding hydrogens is 324 g/mol. The summed E-state index contributed by atoms with van der Waals surface area (Å²) in [6.45, 7) is 1.87. The van der Waals surface area contributed by atoms with Crippen LogP contribution < -0.4 is 4.72 Å². The molecule has 0 fully saturated rings. The molecule has 17 heavy (non-hydrogen) atoms. The summed E-state index contributed by atoms with van der Waals surface area (Å²) in [5, 5.41) is 0.380. The zero-order valence-electron chi connectivity index (χ0n) is 8.84. The van der Waals surface area contributed by atoms with E-state index >= 15 is 0 Å². The normalized spacial score (nSPS) is 11.4. The van der Waals surface area contributed by atoms with Crippen molar-refractivity contribution in [1.82, 2.24) is 4.98 Å². The van der Waals surface area contributed by atoms with Crippen molar-refractivity contribution in [3.05, 3.63) is 39.8 Å². The number of thiazole rings is 1. The van der Waals surface area contributed by atoms with Gasteiger partial charge in [-0.25, -0.2) is 13.4 Å². The largest absolute Gasteiger partial charge is 0.263 e. The van der Waals surface area contributed by atoms with E-state index in [0.29, 0.717) is 5.13 Å². The van der Waals surface area contributed by atoms with Crippen molar-refractivity contribution >= 4 is 42.4 Å². The molecule has 90 valence electrons. The van der Waals surface area contributed by atoms with Gasteiger partial charge < -0.3 is 0 Å². The molecule has 0 saturated heterocycles. The van der Waals surface area contributed by atoms with Gasteiger partial charge in [-0.15, -0.1) is 11.3 Å². The molecular formula is C10H9BrN2O2S2. The fraction of sp³-hybridized carbons (Fsp3) is 0.100. The molecule has 0 aliphatic rings. The van der Waals surface area contributed by atoms with Gasteiger partial charge in [0.1, 0.15) is 0 Å². The number of halogens is 1. The number of anilines is 1. The minimum atomic E-state index is -3.54. The van der Waals surface area contributed by atoms with Crippen LogP contribution in [-0.4, -0.2) is 13.4 Å². The molecule has 7 heteroatoms. The van der Waals surface area contributed by atoms with Crippen molar-refractivity contribution in [3.63, 3.8) is 0 Å². The molecule has 0 amide bonds. The van der Waals surface area contributed by atoms with Gasteiger partial charge in [-0.05, 0) is 31.2 Å². The van der Waals surface area contributed by atoms with Gasteiger partial charge in [0.15, 0.2) is 5.13 Å². The number of aromatic nitrogens is 1. The third-order valence-electron chi connectivity index (χ3n) is 1.97. The molecule has 2 aromatic rings. The van der Waals surface area contributed by atoms with E-state index in [9.17, 15) is 8.42 Å². The maximum absolute atomic E-state index is 12.0. The third-order valence-corrected chi connectivity index (χ3v) is 4.81. The lowest BCUT2D eigenvalue weighted by Gasteiger charge is -2.04. The Bertz CT molecular complexity index is 620. The molecule has 4 nitrogen and oxygen atoms in total. The van der Waals surface area contributed by atoms with E-state index in [1.165, 1.54) is 23.5 Å². The molecule has 0 saturated carbocycles. The Balaban J connectivity index is 2.28. The van der Waals surface area contributed by atoms with E-state index < -0.39 is 10.0 Å². The first-order valence-electron chi connectivity index (χ1n) is 4.68. The lowest BCUT2D eigenvalue weighted by atomic mass is 10.4. The summed E-state index contributed by atoms with van der Waals surface area (Å²) < 4.78 is 27.2. The van der Waals surface area contributed by atoms with Crippen LogP contribution in [-0.2, 0) is 10.0 Å². The van der Waals surface area contributed by atoms with Crippen molar-refractivity contribution in [2.24, 2.45) is 0 Å². The molecule has 0 aliphatic carbocycles. The zero-order chi connectivity index (χ0) is 12.5. The number of benzene rings is 1. The van der Waals surface area contributed by atoms with Crippen molar-refractivity contribution < 1.29 is 8.42 Å². The SMILES string of the molecule is Cc1cnc(NS(=O)(=O)c2ccc(Br)cc2)s1. The number of hydrogen-bond acceptors (Lipinski definition) is 4. The number of hydrogen-bond donors (Lipinski definition) is 1. The number of sulfonamides is 1. The highest BCUT2D eigenvalue weighted by atomic mass is 79.9. The summed E-state index contributed by atoms with van der Waals surface area (Å²) in [6.07, 6.45) is 1.63. The van der Waals surface area contributed by atoms with Gasteiger partial charge in [-0.3, -0.25) is 4.72 Å². The zero-order valence-corrected chi connectivity index (χ0v) is 12.1. The molecule has 0 unspecified atom stereocenters. The predicted molar refractivity (Wildman–Crippen MR) is 71.8 cm³/mol. The van der Waals surface area contributed by atoms with E-state index in [0.717, 1.165) is 9.35 Å². The highest BCUT2D eigenvalue weighted by Gasteiger charge is 2.15. The van der Waals surface area contributed by atoms with Crippen molar-refractivity contribution in [2.45, 2.75) is 11.8 Å². The van der Waals surface area contributed by atoms with Gasteiger partial charge >= 0.3 is 0 Å². The van der Waals surface area contributed by atoms with Gasteiger partial charge in [-0.2, -0.15) is 0 Å². The number of rotatable bonds is 3. The Morgan fingerprint density at radius 2 is 1.94 bits per heavy atom. The number of nitrogens with zero attached hydrogens (tertiary/aromatic N) is 1. The average molecular weight is 333 g/mol. The van der Waals surface area contributed by atoms with Crippen LogP contribution in [0.3, 0.4) is 0 Å². The quantitative estimate of drug-likeness (QED) is 0.939. The maximum atomic E-state index is 12.0. The second kappa shape index (κ2) is 4.75. The summed E-state index contributed by atoms with van der Waals surface area (Å²) in [7, 11) is -3.54. The molecule has 1 aromatic heterocycles. The molecule has 0 aliphatic heterocycles. The summed E-state index contributed by atoms with van der Waals surface area (Å²) in [5.74, 6) is 0. The van der Waals surface area contributed by atoms with E-state index in [4.69, 9.17) is 0 Å². The Morgan fingerprint density at radius 3 is 2.47 bits per heavy atom. The lowest BCUT2D eigenvalue weighted by molar-refractivity contribution is 0.601. The predicted octanol–water partition coefficient (Wildman–Crippen LogP) is 3.01. The Kier molecular flexibility index (Phi) is 3.50.